The highest BCUT2D eigenvalue weighted by Crippen LogP contribution is 2.33. The molecule has 6 heteroatoms. The molecule has 0 bridgehead atoms. The maximum absolute atomic E-state index is 11.4. The van der Waals surface area contributed by atoms with E-state index in [2.05, 4.69) is 0 Å². The second kappa shape index (κ2) is 5.07. The van der Waals surface area contributed by atoms with Crippen molar-refractivity contribution in [1.82, 2.24) is 0 Å². The van der Waals surface area contributed by atoms with Gasteiger partial charge in [-0.25, -0.2) is 8.42 Å². The Bertz CT molecular complexity index is 544. The van der Waals surface area contributed by atoms with Crippen molar-refractivity contribution in [2.45, 2.75) is 12.5 Å². The molecular weight excluding hydrogens is 274 g/mol. The lowest BCUT2D eigenvalue weighted by molar-refractivity contribution is 0.414. The van der Waals surface area contributed by atoms with Gasteiger partial charge in [-0.05, 0) is 30.0 Å². The molecule has 4 nitrogen and oxygen atoms in total. The molecule has 2 atom stereocenters. The van der Waals surface area contributed by atoms with Crippen LogP contribution in [0, 0.1) is 5.92 Å². The molecule has 1 heterocycles. The molecule has 1 fully saturated rings. The molecule has 100 valence electrons. The molecule has 0 spiro atoms. The fourth-order valence-corrected chi connectivity index (χ4v) is 4.39. The van der Waals surface area contributed by atoms with E-state index in [0.29, 0.717) is 17.2 Å². The number of halogens is 1. The van der Waals surface area contributed by atoms with Gasteiger partial charge < -0.3 is 10.5 Å². The van der Waals surface area contributed by atoms with Crippen LogP contribution in [0.5, 0.6) is 5.75 Å². The van der Waals surface area contributed by atoms with Crippen molar-refractivity contribution in [3.05, 3.63) is 28.8 Å². The SMILES string of the molecule is COc1ccc(C(N)C2CCS(=O)(=O)C2)cc1Cl. The van der Waals surface area contributed by atoms with Gasteiger partial charge in [-0.3, -0.25) is 0 Å². The fraction of sp³-hybridized carbons (Fsp3) is 0.500. The van der Waals surface area contributed by atoms with Crippen molar-refractivity contribution in [1.29, 1.82) is 0 Å². The zero-order valence-corrected chi connectivity index (χ0v) is 11.7. The van der Waals surface area contributed by atoms with Crippen LogP contribution in [0.15, 0.2) is 18.2 Å². The number of rotatable bonds is 3. The van der Waals surface area contributed by atoms with Gasteiger partial charge in [0.05, 0.1) is 23.6 Å². The summed E-state index contributed by atoms with van der Waals surface area (Å²) in [5.41, 5.74) is 6.97. The highest BCUT2D eigenvalue weighted by atomic mass is 35.5. The van der Waals surface area contributed by atoms with Crippen LogP contribution in [0.3, 0.4) is 0 Å². The topological polar surface area (TPSA) is 69.4 Å². The van der Waals surface area contributed by atoms with E-state index in [0.717, 1.165) is 5.56 Å². The molecule has 0 aliphatic carbocycles. The summed E-state index contributed by atoms with van der Waals surface area (Å²) in [5.74, 6) is 0.957. The maximum Gasteiger partial charge on any atom is 0.150 e. The summed E-state index contributed by atoms with van der Waals surface area (Å²) in [7, 11) is -1.36. The Labute approximate surface area is 112 Å². The van der Waals surface area contributed by atoms with Crippen molar-refractivity contribution in [3.8, 4) is 5.75 Å². The first-order valence-electron chi connectivity index (χ1n) is 5.72. The fourth-order valence-electron chi connectivity index (χ4n) is 2.27. The highest BCUT2D eigenvalue weighted by Gasteiger charge is 2.32. The molecule has 1 saturated heterocycles. The molecule has 2 unspecified atom stereocenters. The molecule has 2 rings (SSSR count). The van der Waals surface area contributed by atoms with E-state index in [1.165, 1.54) is 0 Å². The molecule has 0 aromatic heterocycles. The molecule has 1 aliphatic rings. The van der Waals surface area contributed by atoms with Crippen LogP contribution in [0.4, 0.5) is 0 Å². The Morgan fingerprint density at radius 3 is 2.72 bits per heavy atom. The summed E-state index contributed by atoms with van der Waals surface area (Å²) < 4.78 is 28.0. The average Bonchev–Trinajstić information content (AvgIpc) is 2.68. The number of hydrogen-bond acceptors (Lipinski definition) is 4. The first-order valence-corrected chi connectivity index (χ1v) is 7.92. The average molecular weight is 290 g/mol. The minimum Gasteiger partial charge on any atom is -0.495 e. The van der Waals surface area contributed by atoms with Crippen LogP contribution in [0.1, 0.15) is 18.0 Å². The Morgan fingerprint density at radius 1 is 1.50 bits per heavy atom. The van der Waals surface area contributed by atoms with Crippen LogP contribution in [-0.2, 0) is 9.84 Å². The van der Waals surface area contributed by atoms with Gasteiger partial charge in [0.1, 0.15) is 5.75 Å². The largest absolute Gasteiger partial charge is 0.495 e. The Kier molecular flexibility index (Phi) is 3.84. The second-order valence-corrected chi connectivity index (χ2v) is 7.22. The van der Waals surface area contributed by atoms with E-state index in [4.69, 9.17) is 22.1 Å². The summed E-state index contributed by atoms with van der Waals surface area (Å²) in [6.45, 7) is 0. The molecule has 0 radical (unpaired) electrons. The lowest BCUT2D eigenvalue weighted by Crippen LogP contribution is -2.22. The van der Waals surface area contributed by atoms with Gasteiger partial charge in [-0.1, -0.05) is 17.7 Å². The molecule has 2 N–H and O–H groups in total. The lowest BCUT2D eigenvalue weighted by atomic mass is 9.93. The van der Waals surface area contributed by atoms with Crippen LogP contribution >= 0.6 is 11.6 Å². The van der Waals surface area contributed by atoms with Crippen LogP contribution in [-0.4, -0.2) is 27.0 Å². The van der Waals surface area contributed by atoms with Crippen LogP contribution in [0.25, 0.3) is 0 Å². The van der Waals surface area contributed by atoms with Crippen molar-refractivity contribution < 1.29 is 13.2 Å². The smallest absolute Gasteiger partial charge is 0.150 e. The molecule has 1 aromatic rings. The number of benzene rings is 1. The van der Waals surface area contributed by atoms with Gasteiger partial charge in [-0.15, -0.1) is 0 Å². The van der Waals surface area contributed by atoms with E-state index in [9.17, 15) is 8.42 Å². The van der Waals surface area contributed by atoms with Gasteiger partial charge in [0.15, 0.2) is 9.84 Å². The number of methoxy groups -OCH3 is 1. The predicted molar refractivity (Wildman–Crippen MR) is 71.7 cm³/mol. The molecule has 1 aromatic carbocycles. The van der Waals surface area contributed by atoms with E-state index in [-0.39, 0.29) is 23.5 Å². The Hall–Kier alpha value is -0.780. The Morgan fingerprint density at radius 2 is 2.22 bits per heavy atom. The summed E-state index contributed by atoms with van der Waals surface area (Å²) in [5, 5.41) is 0.492. The summed E-state index contributed by atoms with van der Waals surface area (Å²) in [6.07, 6.45) is 0.618. The van der Waals surface area contributed by atoms with Gasteiger partial charge in [0.25, 0.3) is 0 Å². The molecule has 18 heavy (non-hydrogen) atoms. The minimum atomic E-state index is -2.91. The zero-order valence-electron chi connectivity index (χ0n) is 10.1. The van der Waals surface area contributed by atoms with Crippen LogP contribution in [0.2, 0.25) is 5.02 Å². The lowest BCUT2D eigenvalue weighted by Gasteiger charge is -2.19. The Balaban J connectivity index is 2.19. The van der Waals surface area contributed by atoms with Crippen molar-refractivity contribution in [3.63, 3.8) is 0 Å². The monoisotopic (exact) mass is 289 g/mol. The number of nitrogens with two attached hydrogens (primary N) is 1. The van der Waals surface area contributed by atoms with E-state index < -0.39 is 9.84 Å². The normalized spacial score (nSPS) is 23.8. The molecule has 1 aliphatic heterocycles. The van der Waals surface area contributed by atoms with E-state index >= 15 is 0 Å². The van der Waals surface area contributed by atoms with Crippen LogP contribution < -0.4 is 10.5 Å². The van der Waals surface area contributed by atoms with E-state index in [1.807, 2.05) is 6.07 Å². The third kappa shape index (κ3) is 2.79. The van der Waals surface area contributed by atoms with Crippen molar-refractivity contribution in [2.24, 2.45) is 11.7 Å². The summed E-state index contributed by atoms with van der Waals surface area (Å²) in [6, 6.07) is 5.03. The number of ether oxygens (including phenoxy) is 1. The van der Waals surface area contributed by atoms with Gasteiger partial charge in [0, 0.05) is 6.04 Å². The first kappa shape index (κ1) is 13.6. The van der Waals surface area contributed by atoms with E-state index in [1.54, 1.807) is 19.2 Å². The van der Waals surface area contributed by atoms with Crippen molar-refractivity contribution in [2.75, 3.05) is 18.6 Å². The van der Waals surface area contributed by atoms with Gasteiger partial charge in [0.2, 0.25) is 0 Å². The van der Waals surface area contributed by atoms with Gasteiger partial charge in [-0.2, -0.15) is 0 Å². The number of sulfone groups is 1. The number of hydrogen-bond donors (Lipinski definition) is 1. The second-order valence-electron chi connectivity index (χ2n) is 4.58. The highest BCUT2D eigenvalue weighted by molar-refractivity contribution is 7.91. The summed E-state index contributed by atoms with van der Waals surface area (Å²) in [4.78, 5) is 0. The predicted octanol–water partition coefficient (Wildman–Crippen LogP) is 1.78. The van der Waals surface area contributed by atoms with Crippen molar-refractivity contribution >= 4 is 21.4 Å². The first-order chi connectivity index (χ1) is 8.43. The molecule has 0 amide bonds. The standard InChI is InChI=1S/C12H16ClNO3S/c1-17-11-3-2-8(6-10(11)13)12(14)9-4-5-18(15,16)7-9/h2-3,6,9,12H,4-5,7,14H2,1H3. The zero-order chi connectivity index (χ0) is 13.3. The minimum absolute atomic E-state index is 0.0283. The molecule has 0 saturated carbocycles. The molecular formula is C12H16ClNO3S. The maximum atomic E-state index is 11.4. The third-order valence-electron chi connectivity index (χ3n) is 3.34. The third-order valence-corrected chi connectivity index (χ3v) is 5.43. The summed E-state index contributed by atoms with van der Waals surface area (Å²) >= 11 is 6.04. The van der Waals surface area contributed by atoms with Gasteiger partial charge >= 0.3 is 0 Å². The quantitative estimate of drug-likeness (QED) is 0.921.